The lowest BCUT2D eigenvalue weighted by Crippen LogP contribution is -2.37. The molecule has 5 nitrogen and oxygen atoms in total. The summed E-state index contributed by atoms with van der Waals surface area (Å²) in [6.07, 6.45) is 3.03. The first-order valence-electron chi connectivity index (χ1n) is 6.33. The summed E-state index contributed by atoms with van der Waals surface area (Å²) in [5.74, 6) is -0.553. The van der Waals surface area contributed by atoms with Crippen LogP contribution in [0.1, 0.15) is 29.6 Å². The Morgan fingerprint density at radius 2 is 1.89 bits per heavy atom. The monoisotopic (exact) mass is 281 g/mol. The van der Waals surface area contributed by atoms with Gasteiger partial charge in [-0.05, 0) is 49.4 Å². The predicted octanol–water partition coefficient (Wildman–Crippen LogP) is 1.56. The molecule has 1 N–H and O–H groups in total. The quantitative estimate of drug-likeness (QED) is 0.912. The van der Waals surface area contributed by atoms with Crippen LogP contribution in [0.25, 0.3) is 0 Å². The van der Waals surface area contributed by atoms with Crippen molar-refractivity contribution in [3.8, 4) is 0 Å². The van der Waals surface area contributed by atoms with Crippen molar-refractivity contribution < 1.29 is 18.3 Å². The molecular formula is C13H15NO4S. The molecule has 0 spiro atoms. The number of hydrogen-bond acceptors (Lipinski definition) is 3. The molecule has 1 heterocycles. The molecule has 19 heavy (non-hydrogen) atoms. The first-order valence-corrected chi connectivity index (χ1v) is 7.77. The predicted molar refractivity (Wildman–Crippen MR) is 68.4 cm³/mol. The van der Waals surface area contributed by atoms with Crippen LogP contribution >= 0.6 is 0 Å². The molecule has 6 heteroatoms. The van der Waals surface area contributed by atoms with E-state index in [2.05, 4.69) is 0 Å². The standard InChI is InChI=1S/C13H15NO4S/c15-13(16)10-2-5-12(6-3-10)19(17,18)14-8-9-1-4-11(14)7-9/h2-3,5-6,9,11H,1,4,7-8H2,(H,15,16). The van der Waals surface area contributed by atoms with E-state index < -0.39 is 16.0 Å². The summed E-state index contributed by atoms with van der Waals surface area (Å²) in [5.41, 5.74) is 0.0990. The SMILES string of the molecule is O=C(O)c1ccc(S(=O)(=O)N2CC3CCC2C3)cc1. The normalized spacial score (nSPS) is 26.7. The van der Waals surface area contributed by atoms with Gasteiger partial charge in [0.2, 0.25) is 10.0 Å². The molecule has 0 radical (unpaired) electrons. The Morgan fingerprint density at radius 3 is 2.37 bits per heavy atom. The molecule has 1 aliphatic carbocycles. The highest BCUT2D eigenvalue weighted by Crippen LogP contribution is 2.40. The third-order valence-corrected chi connectivity index (χ3v) is 6.00. The molecule has 1 saturated carbocycles. The molecule has 3 rings (SSSR count). The lowest BCUT2D eigenvalue weighted by molar-refractivity contribution is 0.0696. The van der Waals surface area contributed by atoms with Gasteiger partial charge in [-0.2, -0.15) is 4.31 Å². The summed E-state index contributed by atoms with van der Waals surface area (Å²) in [6.45, 7) is 0.605. The molecule has 0 amide bonds. The van der Waals surface area contributed by atoms with Crippen molar-refractivity contribution in [3.63, 3.8) is 0 Å². The first kappa shape index (κ1) is 12.6. The van der Waals surface area contributed by atoms with Crippen molar-refractivity contribution in [1.29, 1.82) is 0 Å². The van der Waals surface area contributed by atoms with E-state index in [1.807, 2.05) is 0 Å². The van der Waals surface area contributed by atoms with Gasteiger partial charge < -0.3 is 5.11 Å². The highest BCUT2D eigenvalue weighted by molar-refractivity contribution is 7.89. The highest BCUT2D eigenvalue weighted by atomic mass is 32.2. The Hall–Kier alpha value is -1.40. The molecule has 2 atom stereocenters. The smallest absolute Gasteiger partial charge is 0.335 e. The molecule has 2 bridgehead atoms. The Balaban J connectivity index is 1.90. The second-order valence-corrected chi connectivity index (χ2v) is 7.13. The molecule has 1 aromatic rings. The van der Waals surface area contributed by atoms with Gasteiger partial charge in [0.1, 0.15) is 0 Å². The number of hydrogen-bond donors (Lipinski definition) is 1. The Kier molecular flexibility index (Phi) is 2.87. The van der Waals surface area contributed by atoms with Crippen molar-refractivity contribution in [2.75, 3.05) is 6.54 Å². The van der Waals surface area contributed by atoms with Gasteiger partial charge in [0, 0.05) is 12.6 Å². The fraction of sp³-hybridized carbons (Fsp3) is 0.462. The third-order valence-electron chi connectivity index (χ3n) is 4.07. The second kappa shape index (κ2) is 4.31. The van der Waals surface area contributed by atoms with E-state index in [1.165, 1.54) is 24.3 Å². The Morgan fingerprint density at radius 1 is 1.21 bits per heavy atom. The van der Waals surface area contributed by atoms with E-state index in [9.17, 15) is 13.2 Å². The summed E-state index contributed by atoms with van der Waals surface area (Å²) in [5, 5.41) is 8.82. The zero-order valence-electron chi connectivity index (χ0n) is 10.3. The van der Waals surface area contributed by atoms with Crippen LogP contribution < -0.4 is 0 Å². The molecular weight excluding hydrogens is 266 g/mol. The van der Waals surface area contributed by atoms with Gasteiger partial charge in [0.25, 0.3) is 0 Å². The van der Waals surface area contributed by atoms with Crippen LogP contribution in [0.5, 0.6) is 0 Å². The number of sulfonamides is 1. The maximum absolute atomic E-state index is 12.5. The summed E-state index contributed by atoms with van der Waals surface area (Å²) in [7, 11) is -3.47. The maximum Gasteiger partial charge on any atom is 0.335 e. The lowest BCUT2D eigenvalue weighted by atomic mass is 10.1. The minimum absolute atomic E-state index is 0.0990. The molecule has 2 unspecified atom stereocenters. The van der Waals surface area contributed by atoms with Gasteiger partial charge in [0.15, 0.2) is 0 Å². The summed E-state index contributed by atoms with van der Waals surface area (Å²) < 4.78 is 26.5. The van der Waals surface area contributed by atoms with Gasteiger partial charge >= 0.3 is 5.97 Å². The average molecular weight is 281 g/mol. The zero-order chi connectivity index (χ0) is 13.6. The fourth-order valence-electron chi connectivity index (χ4n) is 3.08. The molecule has 0 aromatic heterocycles. The Labute approximate surface area is 111 Å². The van der Waals surface area contributed by atoms with Gasteiger partial charge in [-0.15, -0.1) is 0 Å². The van der Waals surface area contributed by atoms with Crippen LogP contribution in [-0.2, 0) is 10.0 Å². The number of carbonyl (C=O) groups is 1. The van der Waals surface area contributed by atoms with Gasteiger partial charge in [-0.3, -0.25) is 0 Å². The third kappa shape index (κ3) is 2.04. The number of benzene rings is 1. The summed E-state index contributed by atoms with van der Waals surface area (Å²) >= 11 is 0. The number of rotatable bonds is 3. The first-order chi connectivity index (χ1) is 8.98. The van der Waals surface area contributed by atoms with Crippen LogP contribution in [0.3, 0.4) is 0 Å². The van der Waals surface area contributed by atoms with E-state index in [4.69, 9.17) is 5.11 Å². The van der Waals surface area contributed by atoms with Crippen molar-refractivity contribution in [2.45, 2.75) is 30.2 Å². The topological polar surface area (TPSA) is 74.7 Å². The summed E-state index contributed by atoms with van der Waals surface area (Å²) in [6, 6.07) is 5.57. The second-order valence-electron chi connectivity index (χ2n) is 5.24. The van der Waals surface area contributed by atoms with Crippen LogP contribution in [0.15, 0.2) is 29.2 Å². The molecule has 102 valence electrons. The van der Waals surface area contributed by atoms with Crippen LogP contribution in [-0.4, -0.2) is 36.4 Å². The summed E-state index contributed by atoms with van der Waals surface area (Å²) in [4.78, 5) is 10.9. The largest absolute Gasteiger partial charge is 0.478 e. The minimum Gasteiger partial charge on any atom is -0.478 e. The van der Waals surface area contributed by atoms with Crippen LogP contribution in [0, 0.1) is 5.92 Å². The minimum atomic E-state index is -3.47. The number of nitrogens with zero attached hydrogens (tertiary/aromatic N) is 1. The van der Waals surface area contributed by atoms with E-state index in [1.54, 1.807) is 4.31 Å². The van der Waals surface area contributed by atoms with E-state index in [-0.39, 0.29) is 16.5 Å². The number of carboxylic acid groups (broad SMARTS) is 1. The van der Waals surface area contributed by atoms with Gasteiger partial charge in [-0.25, -0.2) is 13.2 Å². The molecule has 1 aliphatic heterocycles. The van der Waals surface area contributed by atoms with Gasteiger partial charge in [-0.1, -0.05) is 0 Å². The van der Waals surface area contributed by atoms with E-state index in [0.717, 1.165) is 19.3 Å². The van der Waals surface area contributed by atoms with Crippen LogP contribution in [0.4, 0.5) is 0 Å². The Bertz CT molecular complexity index is 608. The van der Waals surface area contributed by atoms with E-state index in [0.29, 0.717) is 12.5 Å². The van der Waals surface area contributed by atoms with E-state index >= 15 is 0 Å². The number of aromatic carboxylic acids is 1. The average Bonchev–Trinajstić information content (AvgIpc) is 3.01. The van der Waals surface area contributed by atoms with Crippen molar-refractivity contribution >= 4 is 16.0 Å². The van der Waals surface area contributed by atoms with Crippen LogP contribution in [0.2, 0.25) is 0 Å². The fourth-order valence-corrected chi connectivity index (χ4v) is 4.82. The van der Waals surface area contributed by atoms with Gasteiger partial charge in [0.05, 0.1) is 10.5 Å². The molecule has 1 aromatic carbocycles. The van der Waals surface area contributed by atoms with Crippen molar-refractivity contribution in [3.05, 3.63) is 29.8 Å². The molecule has 2 aliphatic rings. The maximum atomic E-state index is 12.5. The van der Waals surface area contributed by atoms with Crippen molar-refractivity contribution in [2.24, 2.45) is 5.92 Å². The highest BCUT2D eigenvalue weighted by Gasteiger charge is 2.44. The van der Waals surface area contributed by atoms with Crippen molar-refractivity contribution in [1.82, 2.24) is 4.31 Å². The molecule has 2 fully saturated rings. The number of fused-ring (bicyclic) bond motifs is 2. The molecule has 1 saturated heterocycles. The number of carboxylic acids is 1. The zero-order valence-corrected chi connectivity index (χ0v) is 11.1. The lowest BCUT2D eigenvalue weighted by Gasteiger charge is -2.26. The number of piperidine rings is 1.